The molecule has 4 rings (SSSR count). The average molecular weight is 431 g/mol. The summed E-state index contributed by atoms with van der Waals surface area (Å²) in [5.41, 5.74) is 0.710. The zero-order valence-corrected chi connectivity index (χ0v) is 16.7. The lowest BCUT2D eigenvalue weighted by atomic mass is 10.1. The first kappa shape index (κ1) is 20.7. The number of hydrogen-bond donors (Lipinski definition) is 1. The number of carbonyl (C=O) groups is 1. The summed E-state index contributed by atoms with van der Waals surface area (Å²) in [5.74, 6) is 1.01. The number of aromatic nitrogens is 2. The predicted octanol–water partition coefficient (Wildman–Crippen LogP) is 4.42. The number of hydrogen-bond acceptors (Lipinski definition) is 5. The number of alkyl halides is 3. The molecule has 10 heteroatoms. The van der Waals surface area contributed by atoms with Crippen molar-refractivity contribution in [1.29, 1.82) is 0 Å². The molecule has 0 saturated carbocycles. The summed E-state index contributed by atoms with van der Waals surface area (Å²) in [6.45, 7) is 3.64. The largest absolute Gasteiger partial charge is 0.418 e. The number of carbonyl (C=O) groups excluding carboxylic acids is 1. The fraction of sp³-hybridized carbons (Fsp3) is 0.286. The molecule has 1 fully saturated rings. The summed E-state index contributed by atoms with van der Waals surface area (Å²) in [5, 5.41) is 6.29. The van der Waals surface area contributed by atoms with E-state index in [0.29, 0.717) is 37.9 Å². The standard InChI is InChI=1S/C21H20F3N5O2/c1-14-25-19(27-31-14)15-6-8-16(9-7-15)28-10-12-29(13-11-28)20(30)26-18-5-3-2-4-17(18)21(22,23)24/h2-9H,10-13H2,1H3,(H,26,30). The summed E-state index contributed by atoms with van der Waals surface area (Å²) in [4.78, 5) is 20.3. The molecule has 7 nitrogen and oxygen atoms in total. The molecule has 2 heterocycles. The molecule has 0 radical (unpaired) electrons. The maximum absolute atomic E-state index is 13.1. The number of halogens is 3. The topological polar surface area (TPSA) is 74.5 Å². The van der Waals surface area contributed by atoms with E-state index in [0.717, 1.165) is 17.3 Å². The van der Waals surface area contributed by atoms with Crippen LogP contribution in [-0.2, 0) is 6.18 Å². The van der Waals surface area contributed by atoms with Gasteiger partial charge in [0.1, 0.15) is 0 Å². The SMILES string of the molecule is Cc1nc(-c2ccc(N3CCN(C(=O)Nc4ccccc4C(F)(F)F)CC3)cc2)no1. The zero-order valence-electron chi connectivity index (χ0n) is 16.7. The Kier molecular flexibility index (Phi) is 5.53. The molecular weight excluding hydrogens is 411 g/mol. The molecule has 0 spiro atoms. The average Bonchev–Trinajstić information content (AvgIpc) is 3.20. The second-order valence-corrected chi connectivity index (χ2v) is 7.13. The number of benzene rings is 2. The van der Waals surface area contributed by atoms with E-state index < -0.39 is 17.8 Å². The molecule has 1 aliphatic heterocycles. The Balaban J connectivity index is 1.36. The highest BCUT2D eigenvalue weighted by atomic mass is 19.4. The molecule has 0 aliphatic carbocycles. The Morgan fingerprint density at radius 1 is 1.03 bits per heavy atom. The lowest BCUT2D eigenvalue weighted by Gasteiger charge is -2.36. The molecule has 2 amide bonds. The van der Waals surface area contributed by atoms with E-state index in [1.807, 2.05) is 24.3 Å². The van der Waals surface area contributed by atoms with Crippen molar-refractivity contribution in [3.63, 3.8) is 0 Å². The predicted molar refractivity (Wildman–Crippen MR) is 109 cm³/mol. The van der Waals surface area contributed by atoms with Crippen LogP contribution >= 0.6 is 0 Å². The molecule has 0 atom stereocenters. The first-order valence-electron chi connectivity index (χ1n) is 9.69. The van der Waals surface area contributed by atoms with Gasteiger partial charge in [-0.3, -0.25) is 0 Å². The van der Waals surface area contributed by atoms with Crippen molar-refractivity contribution in [2.75, 3.05) is 36.4 Å². The van der Waals surface area contributed by atoms with Gasteiger partial charge in [-0.1, -0.05) is 17.3 Å². The van der Waals surface area contributed by atoms with E-state index in [-0.39, 0.29) is 5.69 Å². The smallest absolute Gasteiger partial charge is 0.368 e. The van der Waals surface area contributed by atoms with Crippen molar-refractivity contribution in [2.45, 2.75) is 13.1 Å². The molecular formula is C21H20F3N5O2. The molecule has 2 aromatic carbocycles. The fourth-order valence-electron chi connectivity index (χ4n) is 3.44. The van der Waals surface area contributed by atoms with Crippen molar-refractivity contribution < 1.29 is 22.5 Å². The molecule has 31 heavy (non-hydrogen) atoms. The third-order valence-electron chi connectivity index (χ3n) is 5.06. The minimum Gasteiger partial charge on any atom is -0.368 e. The van der Waals surface area contributed by atoms with Crippen LogP contribution in [-0.4, -0.2) is 47.3 Å². The van der Waals surface area contributed by atoms with Gasteiger partial charge in [0, 0.05) is 44.4 Å². The van der Waals surface area contributed by atoms with Crippen LogP contribution in [0.25, 0.3) is 11.4 Å². The number of anilines is 2. The Labute approximate surface area is 176 Å². The number of nitrogens with one attached hydrogen (secondary N) is 1. The lowest BCUT2D eigenvalue weighted by Crippen LogP contribution is -2.50. The van der Waals surface area contributed by atoms with Crippen molar-refractivity contribution in [3.8, 4) is 11.4 Å². The fourth-order valence-corrected chi connectivity index (χ4v) is 3.44. The highest BCUT2D eigenvalue weighted by Crippen LogP contribution is 2.34. The van der Waals surface area contributed by atoms with Crippen LogP contribution in [0.3, 0.4) is 0 Å². The van der Waals surface area contributed by atoms with Gasteiger partial charge in [0.05, 0.1) is 11.3 Å². The van der Waals surface area contributed by atoms with E-state index in [2.05, 4.69) is 20.4 Å². The van der Waals surface area contributed by atoms with E-state index in [4.69, 9.17) is 4.52 Å². The van der Waals surface area contributed by atoms with Crippen molar-refractivity contribution >= 4 is 17.4 Å². The van der Waals surface area contributed by atoms with E-state index in [1.165, 1.54) is 23.1 Å². The van der Waals surface area contributed by atoms with E-state index >= 15 is 0 Å². The Hall–Kier alpha value is -3.56. The van der Waals surface area contributed by atoms with Crippen LogP contribution in [0.4, 0.5) is 29.3 Å². The summed E-state index contributed by atoms with van der Waals surface area (Å²) in [7, 11) is 0. The van der Waals surface area contributed by atoms with Crippen molar-refractivity contribution in [2.24, 2.45) is 0 Å². The maximum Gasteiger partial charge on any atom is 0.418 e. The van der Waals surface area contributed by atoms with Crippen LogP contribution in [0, 0.1) is 6.92 Å². The second-order valence-electron chi connectivity index (χ2n) is 7.13. The quantitative estimate of drug-likeness (QED) is 0.665. The van der Waals surface area contributed by atoms with Crippen LogP contribution in [0.2, 0.25) is 0 Å². The number of rotatable bonds is 3. The molecule has 3 aromatic rings. The molecule has 0 bridgehead atoms. The van der Waals surface area contributed by atoms with Crippen LogP contribution in [0.15, 0.2) is 53.1 Å². The van der Waals surface area contributed by atoms with Gasteiger partial charge in [0.15, 0.2) is 0 Å². The molecule has 0 unspecified atom stereocenters. The van der Waals surface area contributed by atoms with Crippen molar-refractivity contribution in [3.05, 3.63) is 60.0 Å². The number of piperazine rings is 1. The summed E-state index contributed by atoms with van der Waals surface area (Å²) < 4.78 is 44.4. The van der Waals surface area contributed by atoms with Gasteiger partial charge >= 0.3 is 12.2 Å². The first-order valence-corrected chi connectivity index (χ1v) is 9.69. The Morgan fingerprint density at radius 2 is 1.71 bits per heavy atom. The second kappa shape index (κ2) is 8.29. The zero-order chi connectivity index (χ0) is 22.0. The van der Waals surface area contributed by atoms with Gasteiger partial charge in [0.2, 0.25) is 11.7 Å². The first-order chi connectivity index (χ1) is 14.8. The monoisotopic (exact) mass is 431 g/mol. The highest BCUT2D eigenvalue weighted by Gasteiger charge is 2.34. The molecule has 162 valence electrons. The van der Waals surface area contributed by atoms with Gasteiger partial charge in [0.25, 0.3) is 0 Å². The summed E-state index contributed by atoms with van der Waals surface area (Å²) in [6.07, 6.45) is -4.53. The molecule has 1 aliphatic rings. The number of urea groups is 1. The normalized spacial score (nSPS) is 14.6. The third-order valence-corrected chi connectivity index (χ3v) is 5.06. The van der Waals surface area contributed by atoms with Gasteiger partial charge in [-0.25, -0.2) is 4.79 Å². The number of aryl methyl sites for hydroxylation is 1. The maximum atomic E-state index is 13.1. The van der Waals surface area contributed by atoms with Crippen LogP contribution in [0.1, 0.15) is 11.5 Å². The van der Waals surface area contributed by atoms with Crippen LogP contribution in [0.5, 0.6) is 0 Å². The molecule has 1 N–H and O–H groups in total. The van der Waals surface area contributed by atoms with Crippen molar-refractivity contribution in [1.82, 2.24) is 15.0 Å². The van der Waals surface area contributed by atoms with Gasteiger partial charge in [-0.2, -0.15) is 18.2 Å². The number of nitrogens with zero attached hydrogens (tertiary/aromatic N) is 4. The number of amides is 2. The Morgan fingerprint density at radius 3 is 2.32 bits per heavy atom. The van der Waals surface area contributed by atoms with E-state index in [9.17, 15) is 18.0 Å². The lowest BCUT2D eigenvalue weighted by molar-refractivity contribution is -0.136. The van der Waals surface area contributed by atoms with Gasteiger partial charge in [-0.05, 0) is 36.4 Å². The summed E-state index contributed by atoms with van der Waals surface area (Å²) in [6, 6.07) is 12.1. The Bertz CT molecular complexity index is 1060. The molecule has 1 saturated heterocycles. The third kappa shape index (κ3) is 4.62. The van der Waals surface area contributed by atoms with Gasteiger partial charge in [-0.15, -0.1) is 0 Å². The summed E-state index contributed by atoms with van der Waals surface area (Å²) >= 11 is 0. The van der Waals surface area contributed by atoms with E-state index in [1.54, 1.807) is 6.92 Å². The number of para-hydroxylation sites is 1. The van der Waals surface area contributed by atoms with Crippen LogP contribution < -0.4 is 10.2 Å². The molecule has 1 aromatic heterocycles. The highest BCUT2D eigenvalue weighted by molar-refractivity contribution is 5.90. The minimum absolute atomic E-state index is 0.241. The van der Waals surface area contributed by atoms with Gasteiger partial charge < -0.3 is 19.6 Å². The minimum atomic E-state index is -4.53.